The van der Waals surface area contributed by atoms with Gasteiger partial charge in [-0.15, -0.1) is 0 Å². The molecule has 0 heterocycles. The van der Waals surface area contributed by atoms with Crippen molar-refractivity contribution in [3.63, 3.8) is 0 Å². The molecule has 1 saturated carbocycles. The fourth-order valence-corrected chi connectivity index (χ4v) is 2.15. The highest BCUT2D eigenvalue weighted by atomic mass is 16.3. The smallest absolute Gasteiger partial charge is 0.251 e. The van der Waals surface area contributed by atoms with Crippen LogP contribution in [-0.4, -0.2) is 23.2 Å². The summed E-state index contributed by atoms with van der Waals surface area (Å²) in [6, 6.07) is 9.32. The molecule has 0 unspecified atom stereocenters. The molecule has 16 heavy (non-hydrogen) atoms. The summed E-state index contributed by atoms with van der Waals surface area (Å²) in [6.45, 7) is 0. The molecule has 3 nitrogen and oxygen atoms in total. The first kappa shape index (κ1) is 11.1. The molecule has 3 heteroatoms. The maximum absolute atomic E-state index is 11.8. The highest BCUT2D eigenvalue weighted by Gasteiger charge is 2.21. The Morgan fingerprint density at radius 3 is 2.69 bits per heavy atom. The summed E-state index contributed by atoms with van der Waals surface area (Å²) in [5, 5.41) is 12.5. The van der Waals surface area contributed by atoms with Crippen LogP contribution in [0.3, 0.4) is 0 Å². The maximum atomic E-state index is 11.8. The van der Waals surface area contributed by atoms with Crippen LogP contribution in [0.15, 0.2) is 30.3 Å². The highest BCUT2D eigenvalue weighted by molar-refractivity contribution is 5.94. The van der Waals surface area contributed by atoms with Crippen molar-refractivity contribution in [3.8, 4) is 0 Å². The summed E-state index contributed by atoms with van der Waals surface area (Å²) < 4.78 is 0. The lowest BCUT2D eigenvalue weighted by Crippen LogP contribution is -2.39. The Hall–Kier alpha value is -1.35. The monoisotopic (exact) mass is 219 g/mol. The van der Waals surface area contributed by atoms with Crippen LogP contribution in [0, 0.1) is 0 Å². The number of rotatable bonds is 2. The summed E-state index contributed by atoms with van der Waals surface area (Å²) in [5.74, 6) is -0.0419. The van der Waals surface area contributed by atoms with Crippen molar-refractivity contribution >= 4 is 5.91 Å². The minimum atomic E-state index is -0.255. The van der Waals surface area contributed by atoms with E-state index in [-0.39, 0.29) is 18.1 Å². The van der Waals surface area contributed by atoms with Gasteiger partial charge in [0.15, 0.2) is 0 Å². The minimum Gasteiger partial charge on any atom is -0.393 e. The molecule has 0 spiro atoms. The second kappa shape index (κ2) is 5.12. The number of benzene rings is 1. The lowest BCUT2D eigenvalue weighted by atomic mass is 9.93. The number of amides is 1. The lowest BCUT2D eigenvalue weighted by molar-refractivity contribution is 0.0850. The van der Waals surface area contributed by atoms with E-state index >= 15 is 0 Å². The lowest BCUT2D eigenvalue weighted by Gasteiger charge is -2.26. The average Bonchev–Trinajstić information content (AvgIpc) is 2.30. The quantitative estimate of drug-likeness (QED) is 0.795. The van der Waals surface area contributed by atoms with Crippen molar-refractivity contribution in [1.82, 2.24) is 5.32 Å². The Balaban J connectivity index is 1.92. The fraction of sp³-hybridized carbons (Fsp3) is 0.462. The Bertz CT molecular complexity index is 350. The van der Waals surface area contributed by atoms with Gasteiger partial charge in [-0.05, 0) is 37.8 Å². The van der Waals surface area contributed by atoms with Gasteiger partial charge >= 0.3 is 0 Å². The second-order valence-corrected chi connectivity index (χ2v) is 4.36. The van der Waals surface area contributed by atoms with Crippen molar-refractivity contribution < 1.29 is 9.90 Å². The average molecular weight is 219 g/mol. The van der Waals surface area contributed by atoms with Gasteiger partial charge in [-0.1, -0.05) is 18.2 Å². The molecule has 0 radical (unpaired) electrons. The van der Waals surface area contributed by atoms with E-state index in [4.69, 9.17) is 0 Å². The zero-order valence-electron chi connectivity index (χ0n) is 9.23. The van der Waals surface area contributed by atoms with Crippen LogP contribution >= 0.6 is 0 Å². The molecule has 1 aliphatic rings. The Morgan fingerprint density at radius 2 is 2.00 bits per heavy atom. The molecule has 1 aromatic carbocycles. The van der Waals surface area contributed by atoms with Crippen LogP contribution in [0.4, 0.5) is 0 Å². The zero-order chi connectivity index (χ0) is 11.4. The maximum Gasteiger partial charge on any atom is 0.251 e. The van der Waals surface area contributed by atoms with Crippen molar-refractivity contribution in [2.75, 3.05) is 0 Å². The number of hydrogen-bond acceptors (Lipinski definition) is 2. The van der Waals surface area contributed by atoms with Gasteiger partial charge in [-0.2, -0.15) is 0 Å². The van der Waals surface area contributed by atoms with E-state index < -0.39 is 0 Å². The molecule has 2 N–H and O–H groups in total. The first-order valence-corrected chi connectivity index (χ1v) is 5.79. The van der Waals surface area contributed by atoms with Gasteiger partial charge in [-0.25, -0.2) is 0 Å². The van der Waals surface area contributed by atoms with Gasteiger partial charge in [0.1, 0.15) is 0 Å². The van der Waals surface area contributed by atoms with Gasteiger partial charge in [0, 0.05) is 11.6 Å². The van der Waals surface area contributed by atoms with Gasteiger partial charge in [0.05, 0.1) is 6.10 Å². The van der Waals surface area contributed by atoms with Gasteiger partial charge in [0.25, 0.3) is 5.91 Å². The molecular weight excluding hydrogens is 202 g/mol. The Morgan fingerprint density at radius 1 is 1.25 bits per heavy atom. The number of hydrogen-bond donors (Lipinski definition) is 2. The van der Waals surface area contributed by atoms with Crippen LogP contribution < -0.4 is 5.32 Å². The standard InChI is InChI=1S/C13H17NO2/c15-12-8-4-7-11(9-12)14-13(16)10-5-2-1-3-6-10/h1-3,5-6,11-12,15H,4,7-9H2,(H,14,16)/t11-,12+/m0/s1. The first-order valence-electron chi connectivity index (χ1n) is 5.79. The molecule has 86 valence electrons. The largest absolute Gasteiger partial charge is 0.393 e. The van der Waals surface area contributed by atoms with E-state index in [1.807, 2.05) is 18.2 Å². The summed E-state index contributed by atoms with van der Waals surface area (Å²) in [7, 11) is 0. The van der Waals surface area contributed by atoms with Crippen molar-refractivity contribution in [1.29, 1.82) is 0 Å². The molecule has 2 atom stereocenters. The third-order valence-corrected chi connectivity index (χ3v) is 3.02. The molecule has 1 aliphatic carbocycles. The van der Waals surface area contributed by atoms with Crippen LogP contribution in [0.25, 0.3) is 0 Å². The van der Waals surface area contributed by atoms with E-state index in [1.165, 1.54) is 0 Å². The van der Waals surface area contributed by atoms with E-state index in [0.717, 1.165) is 19.3 Å². The number of carbonyl (C=O) groups excluding carboxylic acids is 1. The normalized spacial score (nSPS) is 25.1. The van der Waals surface area contributed by atoms with E-state index in [9.17, 15) is 9.90 Å². The molecule has 0 bridgehead atoms. The second-order valence-electron chi connectivity index (χ2n) is 4.36. The van der Waals surface area contributed by atoms with Crippen molar-refractivity contribution in [2.45, 2.75) is 37.8 Å². The fourth-order valence-electron chi connectivity index (χ4n) is 2.15. The molecule has 0 aromatic heterocycles. The number of nitrogens with one attached hydrogen (secondary N) is 1. The summed E-state index contributed by atoms with van der Waals surface area (Å²) in [6.07, 6.45) is 3.24. The summed E-state index contributed by atoms with van der Waals surface area (Å²) in [5.41, 5.74) is 0.683. The molecule has 1 amide bonds. The van der Waals surface area contributed by atoms with E-state index in [0.29, 0.717) is 12.0 Å². The third-order valence-electron chi connectivity index (χ3n) is 3.02. The van der Waals surface area contributed by atoms with E-state index in [1.54, 1.807) is 12.1 Å². The van der Waals surface area contributed by atoms with Crippen LogP contribution in [-0.2, 0) is 0 Å². The SMILES string of the molecule is O=C(N[C@H]1CCC[C@@H](O)C1)c1ccccc1. The minimum absolute atomic E-state index is 0.0419. The van der Waals surface area contributed by atoms with Crippen LogP contribution in [0.5, 0.6) is 0 Å². The number of aliphatic hydroxyl groups is 1. The van der Waals surface area contributed by atoms with Gasteiger partial charge < -0.3 is 10.4 Å². The van der Waals surface area contributed by atoms with Crippen molar-refractivity contribution in [2.24, 2.45) is 0 Å². The summed E-state index contributed by atoms with van der Waals surface area (Å²) in [4.78, 5) is 11.8. The van der Waals surface area contributed by atoms with Crippen molar-refractivity contribution in [3.05, 3.63) is 35.9 Å². The molecule has 0 saturated heterocycles. The highest BCUT2D eigenvalue weighted by Crippen LogP contribution is 2.18. The first-order chi connectivity index (χ1) is 7.75. The predicted octanol–water partition coefficient (Wildman–Crippen LogP) is 1.72. The predicted molar refractivity (Wildman–Crippen MR) is 62.2 cm³/mol. The van der Waals surface area contributed by atoms with Gasteiger partial charge in [-0.3, -0.25) is 4.79 Å². The van der Waals surface area contributed by atoms with Crippen LogP contribution in [0.2, 0.25) is 0 Å². The Kier molecular flexibility index (Phi) is 3.57. The topological polar surface area (TPSA) is 49.3 Å². The molecule has 1 aromatic rings. The third kappa shape index (κ3) is 2.83. The molecule has 1 fully saturated rings. The van der Waals surface area contributed by atoms with Gasteiger partial charge in [0.2, 0.25) is 0 Å². The number of aliphatic hydroxyl groups excluding tert-OH is 1. The molecular formula is C13H17NO2. The van der Waals surface area contributed by atoms with Crippen LogP contribution in [0.1, 0.15) is 36.0 Å². The molecule has 2 rings (SSSR count). The molecule has 0 aliphatic heterocycles. The van der Waals surface area contributed by atoms with E-state index in [2.05, 4.69) is 5.32 Å². The Labute approximate surface area is 95.5 Å². The number of carbonyl (C=O) groups is 1. The summed E-state index contributed by atoms with van der Waals surface area (Å²) >= 11 is 0. The zero-order valence-corrected chi connectivity index (χ0v) is 9.23.